The van der Waals surface area contributed by atoms with Crippen LogP contribution in [-0.4, -0.2) is 5.11 Å². The first-order valence-electron chi connectivity index (χ1n) is 11.3. The summed E-state index contributed by atoms with van der Waals surface area (Å²) < 4.78 is 0. The quantitative estimate of drug-likeness (QED) is 0.531. The first-order valence-corrected chi connectivity index (χ1v) is 11.3. The second kappa shape index (κ2) is 7.74. The van der Waals surface area contributed by atoms with Gasteiger partial charge in [-0.2, -0.15) is 0 Å². The molecule has 1 heteroatoms. The molecule has 0 aromatic heterocycles. The van der Waals surface area contributed by atoms with E-state index in [4.69, 9.17) is 0 Å². The Morgan fingerprint density at radius 3 is 1.13 bits per heavy atom. The van der Waals surface area contributed by atoms with Gasteiger partial charge in [-0.25, -0.2) is 0 Å². The summed E-state index contributed by atoms with van der Waals surface area (Å²) in [5, 5.41) is 11.1. The highest BCUT2D eigenvalue weighted by molar-refractivity contribution is 5.51. The van der Waals surface area contributed by atoms with Gasteiger partial charge in [0.2, 0.25) is 0 Å². The smallest absolute Gasteiger partial charge is 0.123 e. The molecule has 0 aliphatic rings. The summed E-state index contributed by atoms with van der Waals surface area (Å²) in [7, 11) is 0. The predicted molar refractivity (Wildman–Crippen MR) is 132 cm³/mol. The molecule has 0 fully saturated rings. The van der Waals surface area contributed by atoms with E-state index in [1.165, 1.54) is 22.3 Å². The summed E-state index contributed by atoms with van der Waals surface area (Å²) >= 11 is 0. The molecule has 0 aliphatic carbocycles. The third-order valence-corrected chi connectivity index (χ3v) is 5.92. The van der Waals surface area contributed by atoms with Crippen LogP contribution in [0.4, 0.5) is 0 Å². The van der Waals surface area contributed by atoms with Gasteiger partial charge in [0, 0.05) is 0 Å². The maximum Gasteiger partial charge on any atom is 0.123 e. The van der Waals surface area contributed by atoms with E-state index in [0.717, 1.165) is 17.5 Å². The summed E-state index contributed by atoms with van der Waals surface area (Å²) in [5.74, 6) is 0.456. The maximum absolute atomic E-state index is 11.1. The number of benzene rings is 2. The second-order valence-corrected chi connectivity index (χ2v) is 13.1. The van der Waals surface area contributed by atoms with Gasteiger partial charge in [0.25, 0.3) is 0 Å². The van der Waals surface area contributed by atoms with Crippen molar-refractivity contribution in [1.82, 2.24) is 0 Å². The second-order valence-electron chi connectivity index (χ2n) is 13.1. The van der Waals surface area contributed by atoms with Gasteiger partial charge in [-0.1, -0.05) is 113 Å². The van der Waals surface area contributed by atoms with Crippen molar-refractivity contribution in [1.29, 1.82) is 0 Å². The lowest BCUT2D eigenvalue weighted by Gasteiger charge is -2.29. The fourth-order valence-electron chi connectivity index (χ4n) is 3.84. The average Bonchev–Trinajstić information content (AvgIpc) is 2.52. The Kier molecular flexibility index (Phi) is 6.32. The van der Waals surface area contributed by atoms with E-state index < -0.39 is 0 Å². The topological polar surface area (TPSA) is 20.2 Å². The van der Waals surface area contributed by atoms with Gasteiger partial charge in [-0.3, -0.25) is 0 Å². The summed E-state index contributed by atoms with van der Waals surface area (Å²) in [4.78, 5) is 0. The Morgan fingerprint density at radius 2 is 0.833 bits per heavy atom. The molecule has 1 N–H and O–H groups in total. The van der Waals surface area contributed by atoms with Crippen LogP contribution in [0.2, 0.25) is 0 Å². The Morgan fingerprint density at radius 1 is 0.500 bits per heavy atom. The zero-order chi connectivity index (χ0) is 23.3. The van der Waals surface area contributed by atoms with Crippen LogP contribution in [0, 0.1) is 0 Å². The maximum atomic E-state index is 11.1. The van der Waals surface area contributed by atoms with Crippen LogP contribution in [0.5, 0.6) is 5.75 Å². The summed E-state index contributed by atoms with van der Waals surface area (Å²) in [6.07, 6.45) is 0.874. The van der Waals surface area contributed by atoms with Crippen molar-refractivity contribution < 1.29 is 5.11 Å². The van der Waals surface area contributed by atoms with Crippen molar-refractivity contribution in [2.75, 3.05) is 0 Å². The number of phenols is 1. The molecule has 0 atom stereocenters. The molecule has 0 saturated heterocycles. The van der Waals surface area contributed by atoms with Crippen LogP contribution in [0.25, 0.3) is 0 Å². The van der Waals surface area contributed by atoms with Crippen molar-refractivity contribution in [3.63, 3.8) is 0 Å². The summed E-state index contributed by atoms with van der Waals surface area (Å²) in [6.45, 7) is 26.8. The highest BCUT2D eigenvalue weighted by atomic mass is 16.3. The van der Waals surface area contributed by atoms with E-state index in [9.17, 15) is 5.11 Å². The van der Waals surface area contributed by atoms with Gasteiger partial charge in [-0.15, -0.1) is 0 Å². The molecule has 0 spiro atoms. The Bertz CT molecular complexity index is 836. The van der Waals surface area contributed by atoms with E-state index in [0.29, 0.717) is 5.75 Å². The third kappa shape index (κ3) is 5.68. The highest BCUT2D eigenvalue weighted by Gasteiger charge is 2.27. The lowest BCUT2D eigenvalue weighted by Crippen LogP contribution is -2.18. The molecule has 1 nitrogen and oxygen atoms in total. The van der Waals surface area contributed by atoms with Crippen LogP contribution in [0.1, 0.15) is 116 Å². The van der Waals surface area contributed by atoms with Crippen LogP contribution < -0.4 is 0 Å². The zero-order valence-electron chi connectivity index (χ0n) is 21.5. The predicted octanol–water partition coefficient (Wildman–Crippen LogP) is 8.17. The minimum absolute atomic E-state index is 0.107. The zero-order valence-corrected chi connectivity index (χ0v) is 21.5. The minimum Gasteiger partial charge on any atom is -0.507 e. The normalized spacial score (nSPS) is 13.6. The minimum atomic E-state index is -0.107. The molecule has 0 unspecified atom stereocenters. The first-order chi connectivity index (χ1) is 13.3. The lowest BCUT2D eigenvalue weighted by molar-refractivity contribution is 0.423. The monoisotopic (exact) mass is 408 g/mol. The van der Waals surface area contributed by atoms with Crippen LogP contribution in [-0.2, 0) is 28.1 Å². The number of hydrogen-bond donors (Lipinski definition) is 1. The standard InChI is InChI=1S/C29H44O/c1-26(2,3)21-14-19(15-22(18-21)27(4,5)6)13-20-16-23(28(7,8)9)25(30)24(17-20)29(10,11)12/h14-18,30H,13H2,1-12H3. The third-order valence-electron chi connectivity index (χ3n) is 5.92. The number of hydrogen-bond acceptors (Lipinski definition) is 1. The van der Waals surface area contributed by atoms with Crippen molar-refractivity contribution in [2.24, 2.45) is 0 Å². The Labute approximate surface area is 185 Å². The number of rotatable bonds is 2. The van der Waals surface area contributed by atoms with Crippen LogP contribution in [0.3, 0.4) is 0 Å². The summed E-state index contributed by atoms with van der Waals surface area (Å²) in [6, 6.07) is 11.5. The summed E-state index contributed by atoms with van der Waals surface area (Å²) in [5.41, 5.74) is 7.46. The molecule has 2 rings (SSSR count). The lowest BCUT2D eigenvalue weighted by atomic mass is 9.77. The van der Waals surface area contributed by atoms with Crippen LogP contribution >= 0.6 is 0 Å². The molecule has 0 amide bonds. The molecular weight excluding hydrogens is 364 g/mol. The van der Waals surface area contributed by atoms with Gasteiger partial charge in [0.15, 0.2) is 0 Å². The van der Waals surface area contributed by atoms with Gasteiger partial charge in [-0.05, 0) is 61.5 Å². The van der Waals surface area contributed by atoms with Gasteiger partial charge in [0.1, 0.15) is 5.75 Å². The van der Waals surface area contributed by atoms with Crippen molar-refractivity contribution >= 4 is 0 Å². The molecule has 2 aromatic rings. The van der Waals surface area contributed by atoms with Gasteiger partial charge in [0.05, 0.1) is 0 Å². The van der Waals surface area contributed by atoms with Gasteiger partial charge >= 0.3 is 0 Å². The first kappa shape index (κ1) is 24.5. The molecule has 166 valence electrons. The van der Waals surface area contributed by atoms with E-state index in [-0.39, 0.29) is 21.7 Å². The van der Waals surface area contributed by atoms with Crippen molar-refractivity contribution in [2.45, 2.75) is 111 Å². The van der Waals surface area contributed by atoms with E-state index >= 15 is 0 Å². The molecule has 0 aliphatic heterocycles. The van der Waals surface area contributed by atoms with Crippen molar-refractivity contribution in [3.05, 3.63) is 63.7 Å². The number of phenolic OH excluding ortho intramolecular Hbond substituents is 1. The average molecular weight is 409 g/mol. The van der Waals surface area contributed by atoms with E-state index in [1.54, 1.807) is 0 Å². The highest BCUT2D eigenvalue weighted by Crippen LogP contribution is 2.40. The molecule has 0 heterocycles. The van der Waals surface area contributed by atoms with Crippen LogP contribution in [0.15, 0.2) is 30.3 Å². The SMILES string of the molecule is CC(C)(C)c1cc(Cc2cc(C(C)(C)C)c(O)c(C(C)(C)C)c2)cc(C(C)(C)C)c1. The fourth-order valence-corrected chi connectivity index (χ4v) is 3.84. The Balaban J connectivity index is 2.67. The molecule has 0 bridgehead atoms. The fraction of sp³-hybridized carbons (Fsp3) is 0.586. The molecular formula is C29H44O. The van der Waals surface area contributed by atoms with E-state index in [1.807, 2.05) is 0 Å². The van der Waals surface area contributed by atoms with E-state index in [2.05, 4.69) is 113 Å². The largest absolute Gasteiger partial charge is 0.507 e. The van der Waals surface area contributed by atoms with Gasteiger partial charge < -0.3 is 5.11 Å². The molecule has 0 radical (unpaired) electrons. The molecule has 0 saturated carbocycles. The Hall–Kier alpha value is -1.76. The molecule has 30 heavy (non-hydrogen) atoms. The number of aromatic hydroxyl groups is 1. The van der Waals surface area contributed by atoms with Crippen molar-refractivity contribution in [3.8, 4) is 5.75 Å². The molecule has 2 aromatic carbocycles.